The van der Waals surface area contributed by atoms with Gasteiger partial charge in [0.15, 0.2) is 0 Å². The van der Waals surface area contributed by atoms with Gasteiger partial charge in [0.2, 0.25) is 0 Å². The normalized spacial score (nSPS) is 16.4. The molecule has 3 heteroatoms. The molecule has 1 aromatic carbocycles. The highest BCUT2D eigenvalue weighted by Gasteiger charge is 2.24. The third kappa shape index (κ3) is 1.75. The smallest absolute Gasteiger partial charge is 0.112 e. The van der Waals surface area contributed by atoms with Crippen molar-refractivity contribution >= 4 is 11.0 Å². The van der Waals surface area contributed by atoms with Gasteiger partial charge >= 0.3 is 0 Å². The quantitative estimate of drug-likeness (QED) is 0.876. The van der Waals surface area contributed by atoms with Crippen LogP contribution in [0.3, 0.4) is 0 Å². The minimum Gasteiger partial charge on any atom is -0.331 e. The van der Waals surface area contributed by atoms with E-state index in [9.17, 15) is 0 Å². The second-order valence-corrected chi connectivity index (χ2v) is 5.01. The Bertz CT molecular complexity index is 538. The largest absolute Gasteiger partial charge is 0.331 e. The highest BCUT2D eigenvalue weighted by molar-refractivity contribution is 5.77. The third-order valence-corrected chi connectivity index (χ3v) is 3.83. The molecule has 1 N–H and O–H groups in total. The number of imidazole rings is 1. The molecule has 1 fully saturated rings. The van der Waals surface area contributed by atoms with Crippen molar-refractivity contribution in [3.8, 4) is 0 Å². The Morgan fingerprint density at radius 3 is 2.88 bits per heavy atom. The Morgan fingerprint density at radius 1 is 1.41 bits per heavy atom. The first kappa shape index (κ1) is 10.8. The molecule has 1 aliphatic carbocycles. The highest BCUT2D eigenvalue weighted by Crippen LogP contribution is 2.36. The zero-order valence-corrected chi connectivity index (χ0v) is 10.5. The Balaban J connectivity index is 2.06. The van der Waals surface area contributed by atoms with Crippen LogP contribution in [-0.2, 0) is 13.6 Å². The van der Waals surface area contributed by atoms with Gasteiger partial charge in [-0.1, -0.05) is 12.5 Å². The first-order chi connectivity index (χ1) is 8.29. The van der Waals surface area contributed by atoms with Crippen LogP contribution in [0.1, 0.15) is 36.6 Å². The second kappa shape index (κ2) is 4.15. The van der Waals surface area contributed by atoms with Gasteiger partial charge in [-0.15, -0.1) is 0 Å². The zero-order chi connectivity index (χ0) is 11.8. The maximum atomic E-state index is 4.78. The maximum absolute atomic E-state index is 4.78. The van der Waals surface area contributed by atoms with Gasteiger partial charge in [0, 0.05) is 19.5 Å². The van der Waals surface area contributed by atoms with Crippen molar-refractivity contribution in [3.63, 3.8) is 0 Å². The van der Waals surface area contributed by atoms with Gasteiger partial charge in [0.1, 0.15) is 5.82 Å². The summed E-state index contributed by atoms with van der Waals surface area (Å²) in [5.41, 5.74) is 3.72. The van der Waals surface area contributed by atoms with E-state index in [-0.39, 0.29) is 0 Å². The minimum atomic E-state index is 0.695. The summed E-state index contributed by atoms with van der Waals surface area (Å²) in [6, 6.07) is 6.56. The lowest BCUT2D eigenvalue weighted by Crippen LogP contribution is -2.13. The zero-order valence-electron chi connectivity index (χ0n) is 10.5. The Morgan fingerprint density at radius 2 is 2.24 bits per heavy atom. The van der Waals surface area contributed by atoms with E-state index in [0.29, 0.717) is 5.92 Å². The molecule has 0 aliphatic heterocycles. The molecule has 2 aromatic rings. The van der Waals surface area contributed by atoms with Crippen molar-refractivity contribution < 1.29 is 0 Å². The highest BCUT2D eigenvalue weighted by atomic mass is 15.1. The Kier molecular flexibility index (Phi) is 2.63. The SMILES string of the molecule is CNCc1ccc2nc(C3CCC3)n(C)c2c1. The summed E-state index contributed by atoms with van der Waals surface area (Å²) in [6.07, 6.45) is 3.97. The van der Waals surface area contributed by atoms with Crippen LogP contribution in [0.15, 0.2) is 18.2 Å². The van der Waals surface area contributed by atoms with Crippen molar-refractivity contribution in [1.29, 1.82) is 0 Å². The van der Waals surface area contributed by atoms with Crippen LogP contribution in [-0.4, -0.2) is 16.6 Å². The molecular weight excluding hydrogens is 210 g/mol. The average molecular weight is 229 g/mol. The van der Waals surface area contributed by atoms with Gasteiger partial charge in [-0.25, -0.2) is 4.98 Å². The number of rotatable bonds is 3. The molecule has 0 radical (unpaired) electrons. The van der Waals surface area contributed by atoms with E-state index < -0.39 is 0 Å². The summed E-state index contributed by atoms with van der Waals surface area (Å²) >= 11 is 0. The van der Waals surface area contributed by atoms with E-state index in [4.69, 9.17) is 4.98 Å². The molecule has 1 saturated carbocycles. The van der Waals surface area contributed by atoms with E-state index in [2.05, 4.69) is 35.1 Å². The number of hydrogen-bond acceptors (Lipinski definition) is 2. The number of fused-ring (bicyclic) bond motifs is 1. The van der Waals surface area contributed by atoms with Crippen molar-refractivity contribution in [2.24, 2.45) is 7.05 Å². The molecule has 0 amide bonds. The van der Waals surface area contributed by atoms with E-state index in [0.717, 1.165) is 12.1 Å². The summed E-state index contributed by atoms with van der Waals surface area (Å²) in [7, 11) is 4.12. The van der Waals surface area contributed by atoms with Crippen LogP contribution < -0.4 is 5.32 Å². The lowest BCUT2D eigenvalue weighted by atomic mass is 9.85. The van der Waals surface area contributed by atoms with Gasteiger partial charge in [0.25, 0.3) is 0 Å². The molecule has 1 aliphatic rings. The number of nitrogens with one attached hydrogen (secondary N) is 1. The standard InChI is InChI=1S/C14H19N3/c1-15-9-10-6-7-12-13(8-10)17(2)14(16-12)11-4-3-5-11/h6-8,11,15H,3-5,9H2,1-2H3. The number of benzene rings is 1. The van der Waals surface area contributed by atoms with Gasteiger partial charge in [-0.2, -0.15) is 0 Å². The summed E-state index contributed by atoms with van der Waals surface area (Å²) in [6.45, 7) is 0.917. The third-order valence-electron chi connectivity index (χ3n) is 3.83. The van der Waals surface area contributed by atoms with Crippen LogP contribution in [0.25, 0.3) is 11.0 Å². The molecule has 3 rings (SSSR count). The average Bonchev–Trinajstić information content (AvgIpc) is 2.56. The van der Waals surface area contributed by atoms with Crippen molar-refractivity contribution in [2.45, 2.75) is 31.7 Å². The van der Waals surface area contributed by atoms with Crippen LogP contribution in [0, 0.1) is 0 Å². The molecule has 0 unspecified atom stereocenters. The molecule has 3 nitrogen and oxygen atoms in total. The second-order valence-electron chi connectivity index (χ2n) is 5.01. The molecular formula is C14H19N3. The summed E-state index contributed by atoms with van der Waals surface area (Å²) in [5, 5.41) is 3.19. The molecule has 17 heavy (non-hydrogen) atoms. The fourth-order valence-corrected chi connectivity index (χ4v) is 2.60. The summed E-state index contributed by atoms with van der Waals surface area (Å²) in [4.78, 5) is 4.78. The molecule has 0 bridgehead atoms. The topological polar surface area (TPSA) is 29.9 Å². The monoisotopic (exact) mass is 229 g/mol. The predicted molar refractivity (Wildman–Crippen MR) is 70.1 cm³/mol. The molecule has 0 spiro atoms. The van der Waals surface area contributed by atoms with Crippen LogP contribution in [0.4, 0.5) is 0 Å². The van der Waals surface area contributed by atoms with Gasteiger partial charge < -0.3 is 9.88 Å². The fourth-order valence-electron chi connectivity index (χ4n) is 2.60. The lowest BCUT2D eigenvalue weighted by Gasteiger charge is -2.24. The van der Waals surface area contributed by atoms with Crippen LogP contribution >= 0.6 is 0 Å². The minimum absolute atomic E-state index is 0.695. The number of nitrogens with zero attached hydrogens (tertiary/aromatic N) is 2. The lowest BCUT2D eigenvalue weighted by molar-refractivity contribution is 0.395. The van der Waals surface area contributed by atoms with E-state index in [1.165, 1.54) is 36.2 Å². The van der Waals surface area contributed by atoms with Crippen molar-refractivity contribution in [3.05, 3.63) is 29.6 Å². The fraction of sp³-hybridized carbons (Fsp3) is 0.500. The van der Waals surface area contributed by atoms with Crippen LogP contribution in [0.2, 0.25) is 0 Å². The summed E-state index contributed by atoms with van der Waals surface area (Å²) < 4.78 is 2.28. The number of aromatic nitrogens is 2. The number of aryl methyl sites for hydroxylation is 1. The van der Waals surface area contributed by atoms with E-state index in [1.807, 2.05) is 7.05 Å². The number of hydrogen-bond donors (Lipinski definition) is 1. The van der Waals surface area contributed by atoms with Crippen molar-refractivity contribution in [1.82, 2.24) is 14.9 Å². The molecule has 0 atom stereocenters. The molecule has 90 valence electrons. The van der Waals surface area contributed by atoms with Gasteiger partial charge in [-0.05, 0) is 37.6 Å². The van der Waals surface area contributed by atoms with Gasteiger partial charge in [-0.3, -0.25) is 0 Å². The molecule has 0 saturated heterocycles. The molecule has 1 aromatic heterocycles. The Labute approximate surface area is 102 Å². The first-order valence-corrected chi connectivity index (χ1v) is 6.39. The van der Waals surface area contributed by atoms with E-state index in [1.54, 1.807) is 0 Å². The maximum Gasteiger partial charge on any atom is 0.112 e. The predicted octanol–water partition coefficient (Wildman–Crippen LogP) is 2.56. The summed E-state index contributed by atoms with van der Waals surface area (Å²) in [5.74, 6) is 1.97. The van der Waals surface area contributed by atoms with E-state index >= 15 is 0 Å². The van der Waals surface area contributed by atoms with Crippen molar-refractivity contribution in [2.75, 3.05) is 7.05 Å². The first-order valence-electron chi connectivity index (χ1n) is 6.39. The molecule has 1 heterocycles. The van der Waals surface area contributed by atoms with Gasteiger partial charge in [0.05, 0.1) is 11.0 Å². The van der Waals surface area contributed by atoms with Crippen LogP contribution in [0.5, 0.6) is 0 Å². The Hall–Kier alpha value is -1.35.